The molecule has 0 radical (unpaired) electrons. The molecule has 0 unspecified atom stereocenters. The van der Waals surface area contributed by atoms with Gasteiger partial charge < -0.3 is 9.47 Å². The molecule has 0 N–H and O–H groups in total. The van der Waals surface area contributed by atoms with Gasteiger partial charge in [-0.25, -0.2) is 4.79 Å². The molecule has 1 aromatic heterocycles. The van der Waals surface area contributed by atoms with Crippen molar-refractivity contribution in [3.05, 3.63) is 32.0 Å². The summed E-state index contributed by atoms with van der Waals surface area (Å²) in [5, 5.41) is 0. The van der Waals surface area contributed by atoms with Gasteiger partial charge in [0.05, 0.1) is 16.1 Å². The molecule has 2 heterocycles. The summed E-state index contributed by atoms with van der Waals surface area (Å²) in [5.41, 5.74) is -0.0883. The Bertz CT molecular complexity index is 461. The van der Waals surface area contributed by atoms with E-state index in [2.05, 4.69) is 29.2 Å². The number of ether oxygens (including phenoxy) is 2. The van der Waals surface area contributed by atoms with Gasteiger partial charge >= 0.3 is 5.97 Å². The van der Waals surface area contributed by atoms with Crippen molar-refractivity contribution in [2.24, 2.45) is 0 Å². The van der Waals surface area contributed by atoms with Crippen molar-refractivity contribution in [2.45, 2.75) is 25.4 Å². The van der Waals surface area contributed by atoms with Gasteiger partial charge in [-0.1, -0.05) is 6.58 Å². The van der Waals surface area contributed by atoms with E-state index in [0.29, 0.717) is 31.6 Å². The fourth-order valence-electron chi connectivity index (χ4n) is 1.92. The van der Waals surface area contributed by atoms with Crippen LogP contribution in [0.1, 0.15) is 24.6 Å². The first-order valence-electron chi connectivity index (χ1n) is 5.76. The molecule has 98 valence electrons. The van der Waals surface area contributed by atoms with E-state index >= 15 is 0 Å². The van der Waals surface area contributed by atoms with Gasteiger partial charge in [0.2, 0.25) is 0 Å². The van der Waals surface area contributed by atoms with Crippen LogP contribution in [0.15, 0.2) is 24.3 Å². The van der Waals surface area contributed by atoms with Crippen LogP contribution in [-0.2, 0) is 19.9 Å². The van der Waals surface area contributed by atoms with Crippen LogP contribution in [0.25, 0.3) is 0 Å². The van der Waals surface area contributed by atoms with E-state index in [1.807, 2.05) is 12.1 Å². The van der Waals surface area contributed by atoms with Crippen LogP contribution in [0.3, 0.4) is 0 Å². The SMILES string of the molecule is C=C(C)C(=O)OC1(c2ccc(I)s2)CCOCC1. The highest BCUT2D eigenvalue weighted by atomic mass is 127. The molecule has 2 rings (SSSR count). The zero-order chi connectivity index (χ0) is 13.2. The molecule has 0 spiro atoms. The van der Waals surface area contributed by atoms with E-state index in [0.717, 1.165) is 4.88 Å². The Morgan fingerprint density at radius 3 is 2.67 bits per heavy atom. The van der Waals surface area contributed by atoms with Gasteiger partial charge in [-0.2, -0.15) is 0 Å². The largest absolute Gasteiger partial charge is 0.450 e. The van der Waals surface area contributed by atoms with Crippen molar-refractivity contribution in [2.75, 3.05) is 13.2 Å². The maximum Gasteiger partial charge on any atom is 0.334 e. The van der Waals surface area contributed by atoms with Gasteiger partial charge in [0.1, 0.15) is 0 Å². The average Bonchev–Trinajstić information content (AvgIpc) is 2.77. The summed E-state index contributed by atoms with van der Waals surface area (Å²) in [6.07, 6.45) is 1.42. The lowest BCUT2D eigenvalue weighted by Gasteiger charge is -2.35. The Labute approximate surface area is 124 Å². The number of esters is 1. The van der Waals surface area contributed by atoms with Gasteiger partial charge in [0, 0.05) is 23.3 Å². The number of rotatable bonds is 3. The summed E-state index contributed by atoms with van der Waals surface area (Å²) in [6, 6.07) is 4.09. The lowest BCUT2D eigenvalue weighted by molar-refractivity contribution is -0.166. The first-order chi connectivity index (χ1) is 8.53. The van der Waals surface area contributed by atoms with E-state index in [4.69, 9.17) is 9.47 Å². The van der Waals surface area contributed by atoms with E-state index in [9.17, 15) is 4.79 Å². The number of carbonyl (C=O) groups is 1. The van der Waals surface area contributed by atoms with Crippen molar-refractivity contribution in [1.82, 2.24) is 0 Å². The van der Waals surface area contributed by atoms with Crippen LogP contribution in [0.4, 0.5) is 0 Å². The molecule has 0 aromatic carbocycles. The van der Waals surface area contributed by atoms with E-state index in [1.54, 1.807) is 18.3 Å². The first kappa shape index (κ1) is 14.0. The second kappa shape index (κ2) is 5.71. The van der Waals surface area contributed by atoms with Crippen molar-refractivity contribution < 1.29 is 14.3 Å². The van der Waals surface area contributed by atoms with Crippen LogP contribution < -0.4 is 0 Å². The molecule has 1 aromatic rings. The summed E-state index contributed by atoms with van der Waals surface area (Å²) < 4.78 is 12.3. The highest BCUT2D eigenvalue weighted by Gasteiger charge is 2.39. The Morgan fingerprint density at radius 1 is 1.50 bits per heavy atom. The molecule has 18 heavy (non-hydrogen) atoms. The first-order valence-corrected chi connectivity index (χ1v) is 7.65. The predicted octanol–water partition coefficient (Wildman–Crippen LogP) is 3.48. The summed E-state index contributed by atoms with van der Waals surface area (Å²) in [7, 11) is 0. The Kier molecular flexibility index (Phi) is 4.45. The molecular weight excluding hydrogens is 363 g/mol. The van der Waals surface area contributed by atoms with Crippen LogP contribution in [0.2, 0.25) is 0 Å². The quantitative estimate of drug-likeness (QED) is 0.459. The molecule has 0 atom stereocenters. The molecule has 1 aliphatic heterocycles. The molecule has 0 saturated carbocycles. The maximum atomic E-state index is 11.8. The zero-order valence-corrected chi connectivity index (χ0v) is 13.2. The molecular formula is C13H15IO3S. The third kappa shape index (κ3) is 2.95. The lowest BCUT2D eigenvalue weighted by Crippen LogP contribution is -2.37. The van der Waals surface area contributed by atoms with Crippen molar-refractivity contribution in [1.29, 1.82) is 0 Å². The minimum Gasteiger partial charge on any atom is -0.450 e. The number of thiophene rings is 1. The van der Waals surface area contributed by atoms with Crippen molar-refractivity contribution in [3.63, 3.8) is 0 Å². The third-order valence-corrected chi connectivity index (χ3v) is 5.04. The summed E-state index contributed by atoms with van der Waals surface area (Å²) in [4.78, 5) is 12.9. The van der Waals surface area contributed by atoms with E-state index in [1.165, 1.54) is 2.88 Å². The Balaban J connectivity index is 2.28. The standard InChI is InChI=1S/C13H15IO3S/c1-9(2)12(15)17-13(5-7-16-8-6-13)10-3-4-11(14)18-10/h3-4H,1,5-8H2,2H3. The average molecular weight is 378 g/mol. The maximum absolute atomic E-state index is 11.8. The van der Waals surface area contributed by atoms with Crippen molar-refractivity contribution in [3.8, 4) is 0 Å². The van der Waals surface area contributed by atoms with Gasteiger partial charge in [0.15, 0.2) is 5.60 Å². The summed E-state index contributed by atoms with van der Waals surface area (Å²) in [6.45, 7) is 6.57. The second-order valence-corrected chi connectivity index (χ2v) is 7.36. The predicted molar refractivity (Wildman–Crippen MR) is 79.7 cm³/mol. The molecule has 3 nitrogen and oxygen atoms in total. The third-order valence-electron chi connectivity index (χ3n) is 2.96. The highest BCUT2D eigenvalue weighted by molar-refractivity contribution is 14.1. The van der Waals surface area contributed by atoms with E-state index < -0.39 is 5.60 Å². The van der Waals surface area contributed by atoms with Crippen LogP contribution in [-0.4, -0.2) is 19.2 Å². The van der Waals surface area contributed by atoms with Crippen LogP contribution in [0, 0.1) is 2.88 Å². The van der Waals surface area contributed by atoms with Gasteiger partial charge in [-0.05, 0) is 41.6 Å². The highest BCUT2D eigenvalue weighted by Crippen LogP contribution is 2.40. The Morgan fingerprint density at radius 2 is 2.17 bits per heavy atom. The summed E-state index contributed by atoms with van der Waals surface area (Å²) >= 11 is 3.95. The van der Waals surface area contributed by atoms with Crippen molar-refractivity contribution >= 4 is 39.9 Å². The molecule has 5 heteroatoms. The fraction of sp³-hybridized carbons (Fsp3) is 0.462. The smallest absolute Gasteiger partial charge is 0.334 e. The minimum absolute atomic E-state index is 0.319. The normalized spacial score (nSPS) is 18.3. The lowest BCUT2D eigenvalue weighted by atomic mass is 9.92. The van der Waals surface area contributed by atoms with Gasteiger partial charge in [0.25, 0.3) is 0 Å². The molecule has 1 saturated heterocycles. The van der Waals surface area contributed by atoms with Crippen LogP contribution in [0.5, 0.6) is 0 Å². The van der Waals surface area contributed by atoms with E-state index in [-0.39, 0.29) is 5.97 Å². The van der Waals surface area contributed by atoms with Gasteiger partial charge in [-0.3, -0.25) is 0 Å². The molecule has 1 aliphatic rings. The molecule has 0 bridgehead atoms. The molecule has 0 aliphatic carbocycles. The second-order valence-electron chi connectivity index (χ2n) is 4.38. The number of halogens is 1. The Hall–Kier alpha value is -0.400. The fourth-order valence-corrected chi connectivity index (χ4v) is 3.73. The number of hydrogen-bond acceptors (Lipinski definition) is 4. The molecule has 0 amide bonds. The minimum atomic E-state index is -0.525. The van der Waals surface area contributed by atoms with Crippen LogP contribution >= 0.6 is 33.9 Å². The monoisotopic (exact) mass is 378 g/mol. The number of hydrogen-bond donors (Lipinski definition) is 0. The summed E-state index contributed by atoms with van der Waals surface area (Å²) in [5.74, 6) is -0.319. The van der Waals surface area contributed by atoms with Gasteiger partial charge in [-0.15, -0.1) is 11.3 Å². The number of carbonyl (C=O) groups excluding carboxylic acids is 1. The molecule has 1 fully saturated rings. The zero-order valence-electron chi connectivity index (χ0n) is 10.2. The topological polar surface area (TPSA) is 35.5 Å².